The highest BCUT2D eigenvalue weighted by atomic mass is 19.1. The van der Waals surface area contributed by atoms with E-state index < -0.39 is 5.79 Å². The Morgan fingerprint density at radius 3 is 2.00 bits per heavy atom. The van der Waals surface area contributed by atoms with Crippen molar-refractivity contribution in [1.29, 1.82) is 0 Å². The third-order valence-corrected chi connectivity index (χ3v) is 5.20. The fourth-order valence-corrected chi connectivity index (χ4v) is 3.68. The van der Waals surface area contributed by atoms with E-state index in [2.05, 4.69) is 13.8 Å². The topological polar surface area (TPSA) is 18.5 Å². The Labute approximate surface area is 160 Å². The number of rotatable bonds is 15. The molecule has 0 spiro atoms. The van der Waals surface area contributed by atoms with Gasteiger partial charge in [0.15, 0.2) is 5.79 Å². The molecule has 2 nitrogen and oxygen atoms in total. The first-order valence-electron chi connectivity index (χ1n) is 10.6. The van der Waals surface area contributed by atoms with Crippen LogP contribution in [0.2, 0.25) is 0 Å². The van der Waals surface area contributed by atoms with Crippen LogP contribution in [0.4, 0.5) is 4.39 Å². The molecule has 0 radical (unpaired) electrons. The lowest BCUT2D eigenvalue weighted by molar-refractivity contribution is -0.254. The second-order valence-corrected chi connectivity index (χ2v) is 7.30. The summed E-state index contributed by atoms with van der Waals surface area (Å²) >= 11 is 0. The van der Waals surface area contributed by atoms with Crippen molar-refractivity contribution in [1.82, 2.24) is 0 Å². The van der Waals surface area contributed by atoms with Crippen molar-refractivity contribution in [3.8, 4) is 0 Å². The minimum atomic E-state index is -0.535. The Balaban J connectivity index is 2.64. The van der Waals surface area contributed by atoms with Gasteiger partial charge in [0.2, 0.25) is 0 Å². The van der Waals surface area contributed by atoms with E-state index in [-0.39, 0.29) is 5.82 Å². The maximum Gasteiger partial charge on any atom is 0.168 e. The summed E-state index contributed by atoms with van der Waals surface area (Å²) in [5.74, 6) is -0.364. The predicted octanol–water partition coefficient (Wildman–Crippen LogP) is 6.91. The standard InChI is InChI=1S/C23H39FO2/c1-5-8-9-10-11-12-13-21(23(4,25-6-2)26-7-3)17-14-20-15-18-22(24)19-16-20/h15-16,18-19,21H,5-14,17H2,1-4H3. The monoisotopic (exact) mass is 366 g/mol. The summed E-state index contributed by atoms with van der Waals surface area (Å²) in [6.45, 7) is 9.70. The molecule has 1 rings (SSSR count). The van der Waals surface area contributed by atoms with Crippen LogP contribution in [-0.4, -0.2) is 19.0 Å². The van der Waals surface area contributed by atoms with E-state index in [0.717, 1.165) is 19.3 Å². The van der Waals surface area contributed by atoms with E-state index in [1.54, 1.807) is 12.1 Å². The molecule has 0 aliphatic carbocycles. The fraction of sp³-hybridized carbons (Fsp3) is 0.739. The highest BCUT2D eigenvalue weighted by molar-refractivity contribution is 5.16. The van der Waals surface area contributed by atoms with Gasteiger partial charge < -0.3 is 9.47 Å². The van der Waals surface area contributed by atoms with Crippen LogP contribution < -0.4 is 0 Å². The molecular weight excluding hydrogens is 327 g/mol. The van der Waals surface area contributed by atoms with Crippen molar-refractivity contribution in [3.05, 3.63) is 35.6 Å². The molecular formula is C23H39FO2. The Hall–Kier alpha value is -0.930. The molecule has 0 heterocycles. The van der Waals surface area contributed by atoms with Crippen molar-refractivity contribution in [2.75, 3.05) is 13.2 Å². The number of unbranched alkanes of at least 4 members (excludes halogenated alkanes) is 5. The third-order valence-electron chi connectivity index (χ3n) is 5.20. The lowest BCUT2D eigenvalue weighted by Crippen LogP contribution is -2.41. The molecule has 3 heteroatoms. The zero-order valence-electron chi connectivity index (χ0n) is 17.4. The number of ether oxygens (including phenoxy) is 2. The average Bonchev–Trinajstić information content (AvgIpc) is 2.62. The van der Waals surface area contributed by atoms with E-state index in [9.17, 15) is 4.39 Å². The quantitative estimate of drug-likeness (QED) is 0.248. The van der Waals surface area contributed by atoms with Crippen molar-refractivity contribution in [3.63, 3.8) is 0 Å². The Bertz CT molecular complexity index is 452. The molecule has 0 fully saturated rings. The summed E-state index contributed by atoms with van der Waals surface area (Å²) in [5.41, 5.74) is 1.18. The highest BCUT2D eigenvalue weighted by Gasteiger charge is 2.35. The van der Waals surface area contributed by atoms with Gasteiger partial charge in [-0.25, -0.2) is 4.39 Å². The van der Waals surface area contributed by atoms with E-state index >= 15 is 0 Å². The Kier molecular flexibility index (Phi) is 11.8. The molecule has 1 aromatic carbocycles. The lowest BCUT2D eigenvalue weighted by Gasteiger charge is -2.37. The molecule has 1 unspecified atom stereocenters. The molecule has 0 amide bonds. The van der Waals surface area contributed by atoms with Gasteiger partial charge in [0.05, 0.1) is 0 Å². The lowest BCUT2D eigenvalue weighted by atomic mass is 9.87. The summed E-state index contributed by atoms with van der Waals surface area (Å²) in [5, 5.41) is 0. The van der Waals surface area contributed by atoms with E-state index in [1.807, 2.05) is 26.0 Å². The smallest absolute Gasteiger partial charge is 0.168 e. The van der Waals surface area contributed by atoms with Crippen LogP contribution in [-0.2, 0) is 15.9 Å². The molecule has 1 atom stereocenters. The number of halogens is 1. The first kappa shape index (κ1) is 23.1. The largest absolute Gasteiger partial charge is 0.350 e. The molecule has 0 aromatic heterocycles. The van der Waals surface area contributed by atoms with E-state index in [4.69, 9.17) is 9.47 Å². The number of benzene rings is 1. The molecule has 1 aromatic rings. The van der Waals surface area contributed by atoms with Crippen LogP contribution in [0.15, 0.2) is 24.3 Å². The SMILES string of the molecule is CCCCCCCCC(CCc1ccc(F)cc1)C(C)(OCC)OCC. The minimum Gasteiger partial charge on any atom is -0.350 e. The van der Waals surface area contributed by atoms with Crippen molar-refractivity contribution in [2.24, 2.45) is 5.92 Å². The zero-order valence-corrected chi connectivity index (χ0v) is 17.4. The Morgan fingerprint density at radius 1 is 0.846 bits per heavy atom. The van der Waals surface area contributed by atoms with Crippen molar-refractivity contribution < 1.29 is 13.9 Å². The van der Waals surface area contributed by atoms with Gasteiger partial charge in [-0.3, -0.25) is 0 Å². The first-order valence-corrected chi connectivity index (χ1v) is 10.6. The summed E-state index contributed by atoms with van der Waals surface area (Å²) in [6, 6.07) is 6.86. The van der Waals surface area contributed by atoms with Gasteiger partial charge in [0.25, 0.3) is 0 Å². The van der Waals surface area contributed by atoms with Crippen molar-refractivity contribution >= 4 is 0 Å². The summed E-state index contributed by atoms with van der Waals surface area (Å²) in [6.07, 6.45) is 10.8. The van der Waals surface area contributed by atoms with E-state index in [0.29, 0.717) is 19.1 Å². The summed E-state index contributed by atoms with van der Waals surface area (Å²) < 4.78 is 25.2. The molecule has 0 aliphatic heterocycles. The molecule has 0 bridgehead atoms. The van der Waals surface area contributed by atoms with Crippen LogP contribution in [0.5, 0.6) is 0 Å². The second-order valence-electron chi connectivity index (χ2n) is 7.30. The average molecular weight is 367 g/mol. The van der Waals surface area contributed by atoms with Gasteiger partial charge in [-0.1, -0.05) is 57.6 Å². The zero-order chi connectivity index (χ0) is 19.3. The molecule has 0 saturated heterocycles. The minimum absolute atomic E-state index is 0.175. The molecule has 150 valence electrons. The normalized spacial score (nSPS) is 13.1. The fourth-order valence-electron chi connectivity index (χ4n) is 3.68. The summed E-state index contributed by atoms with van der Waals surface area (Å²) in [4.78, 5) is 0. The molecule has 0 aliphatic rings. The third kappa shape index (κ3) is 8.64. The molecule has 0 saturated carbocycles. The van der Waals surface area contributed by atoms with Gasteiger partial charge in [-0.05, 0) is 57.7 Å². The maximum atomic E-state index is 13.1. The van der Waals surface area contributed by atoms with Crippen LogP contribution in [0, 0.1) is 11.7 Å². The summed E-state index contributed by atoms with van der Waals surface area (Å²) in [7, 11) is 0. The van der Waals surface area contributed by atoms with Gasteiger partial charge in [0.1, 0.15) is 5.82 Å². The predicted molar refractivity (Wildman–Crippen MR) is 108 cm³/mol. The van der Waals surface area contributed by atoms with E-state index in [1.165, 1.54) is 44.1 Å². The van der Waals surface area contributed by atoms with Gasteiger partial charge >= 0.3 is 0 Å². The Morgan fingerprint density at radius 2 is 1.42 bits per heavy atom. The second kappa shape index (κ2) is 13.3. The molecule has 0 N–H and O–H groups in total. The van der Waals surface area contributed by atoms with Crippen LogP contribution >= 0.6 is 0 Å². The van der Waals surface area contributed by atoms with Crippen molar-refractivity contribution in [2.45, 2.75) is 91.3 Å². The van der Waals surface area contributed by atoms with Crippen LogP contribution in [0.1, 0.15) is 84.6 Å². The first-order chi connectivity index (χ1) is 12.6. The maximum absolute atomic E-state index is 13.1. The highest BCUT2D eigenvalue weighted by Crippen LogP contribution is 2.32. The van der Waals surface area contributed by atoms with Gasteiger partial charge in [0, 0.05) is 19.1 Å². The number of aryl methyl sites for hydroxylation is 1. The van der Waals surface area contributed by atoms with Crippen LogP contribution in [0.3, 0.4) is 0 Å². The van der Waals surface area contributed by atoms with Gasteiger partial charge in [-0.2, -0.15) is 0 Å². The number of hydrogen-bond acceptors (Lipinski definition) is 2. The number of hydrogen-bond donors (Lipinski definition) is 0. The van der Waals surface area contributed by atoms with Crippen LogP contribution in [0.25, 0.3) is 0 Å². The van der Waals surface area contributed by atoms with Gasteiger partial charge in [-0.15, -0.1) is 0 Å². The molecule has 26 heavy (non-hydrogen) atoms.